The maximum atomic E-state index is 13.8. The van der Waals surface area contributed by atoms with Crippen molar-refractivity contribution in [2.24, 2.45) is 0 Å². The number of rotatable bonds is 4. The minimum atomic E-state index is -0.416. The molecule has 5 rings (SSSR count). The lowest BCUT2D eigenvalue weighted by Gasteiger charge is -2.15. The highest BCUT2D eigenvalue weighted by atomic mass is 32.2. The molecule has 0 atom stereocenters. The van der Waals surface area contributed by atoms with Crippen LogP contribution in [-0.4, -0.2) is 19.7 Å². The van der Waals surface area contributed by atoms with Crippen LogP contribution in [0, 0.1) is 10.1 Å². The summed E-state index contributed by atoms with van der Waals surface area (Å²) in [7, 11) is 0. The summed E-state index contributed by atoms with van der Waals surface area (Å²) in [6.45, 7) is 0. The molecule has 30 heavy (non-hydrogen) atoms. The molecule has 0 amide bonds. The monoisotopic (exact) mass is 441 g/mol. The van der Waals surface area contributed by atoms with E-state index in [-0.39, 0.29) is 11.2 Å². The second kappa shape index (κ2) is 8.15. The summed E-state index contributed by atoms with van der Waals surface area (Å²) in [4.78, 5) is 31.6. The van der Waals surface area contributed by atoms with Crippen molar-refractivity contribution in [2.45, 2.75) is 68.2 Å². The number of non-ortho nitro benzene ring substituents is 1. The molecule has 0 radical (unpaired) electrons. The van der Waals surface area contributed by atoms with E-state index in [1.165, 1.54) is 48.3 Å². The third kappa shape index (κ3) is 3.56. The van der Waals surface area contributed by atoms with E-state index in [2.05, 4.69) is 0 Å². The number of nitro groups is 1. The molecule has 0 spiro atoms. The van der Waals surface area contributed by atoms with Gasteiger partial charge < -0.3 is 0 Å². The molecule has 0 saturated heterocycles. The minimum Gasteiger partial charge on any atom is -0.268 e. The first-order chi connectivity index (χ1) is 14.6. The standard InChI is InChI=1S/C22H23N3O3S2/c26-21-19-17-8-2-1-3-9-18(17)30-20(19)23-22(29-16-6-4-5-7-16)24(21)14-10-12-15(13-11-14)25(27)28/h10-13,16H,1-9H2. The lowest BCUT2D eigenvalue weighted by atomic mass is 10.1. The fourth-order valence-corrected chi connectivity index (χ4v) is 7.16. The van der Waals surface area contributed by atoms with Crippen LogP contribution in [0.1, 0.15) is 55.4 Å². The third-order valence-corrected chi connectivity index (χ3v) is 8.58. The summed E-state index contributed by atoms with van der Waals surface area (Å²) in [5.41, 5.74) is 1.82. The molecule has 6 nitrogen and oxygen atoms in total. The number of thiophene rings is 1. The van der Waals surface area contributed by atoms with E-state index >= 15 is 0 Å². The van der Waals surface area contributed by atoms with Crippen molar-refractivity contribution in [2.75, 3.05) is 0 Å². The van der Waals surface area contributed by atoms with Crippen molar-refractivity contribution < 1.29 is 4.92 Å². The van der Waals surface area contributed by atoms with E-state index in [1.54, 1.807) is 39.8 Å². The number of thioether (sulfide) groups is 1. The highest BCUT2D eigenvalue weighted by Crippen LogP contribution is 2.38. The van der Waals surface area contributed by atoms with Crippen molar-refractivity contribution in [3.8, 4) is 5.69 Å². The van der Waals surface area contributed by atoms with Gasteiger partial charge in [-0.2, -0.15) is 0 Å². The lowest BCUT2D eigenvalue weighted by Crippen LogP contribution is -2.22. The Morgan fingerprint density at radius 3 is 2.53 bits per heavy atom. The third-order valence-electron chi connectivity index (χ3n) is 6.10. The first kappa shape index (κ1) is 19.8. The number of nitrogens with zero attached hydrogens (tertiary/aromatic N) is 3. The van der Waals surface area contributed by atoms with Crippen LogP contribution in [0.5, 0.6) is 0 Å². The quantitative estimate of drug-likeness (QED) is 0.226. The molecule has 1 saturated carbocycles. The van der Waals surface area contributed by atoms with Gasteiger partial charge >= 0.3 is 0 Å². The molecule has 2 aromatic heterocycles. The average Bonchev–Trinajstić information content (AvgIpc) is 3.30. The molecular weight excluding hydrogens is 418 g/mol. The second-order valence-corrected chi connectivity index (χ2v) is 10.4. The highest BCUT2D eigenvalue weighted by molar-refractivity contribution is 7.99. The Balaban J connectivity index is 1.70. The van der Waals surface area contributed by atoms with Gasteiger partial charge in [-0.25, -0.2) is 4.98 Å². The molecule has 1 aromatic carbocycles. The van der Waals surface area contributed by atoms with E-state index in [9.17, 15) is 14.9 Å². The topological polar surface area (TPSA) is 78.0 Å². The molecular formula is C22H23N3O3S2. The molecule has 2 heterocycles. The van der Waals surface area contributed by atoms with Gasteiger partial charge in [0, 0.05) is 22.3 Å². The Morgan fingerprint density at radius 2 is 1.80 bits per heavy atom. The summed E-state index contributed by atoms with van der Waals surface area (Å²) in [6.07, 6.45) is 10.1. The molecule has 0 unspecified atom stereocenters. The number of hydrogen-bond acceptors (Lipinski definition) is 6. The van der Waals surface area contributed by atoms with Gasteiger partial charge in [0.05, 0.1) is 16.0 Å². The number of aromatic nitrogens is 2. The predicted octanol–water partition coefficient (Wildman–Crippen LogP) is 5.66. The van der Waals surface area contributed by atoms with Crippen molar-refractivity contribution >= 4 is 39.0 Å². The van der Waals surface area contributed by atoms with Gasteiger partial charge in [-0.1, -0.05) is 31.0 Å². The van der Waals surface area contributed by atoms with E-state index < -0.39 is 4.92 Å². The van der Waals surface area contributed by atoms with E-state index in [0.717, 1.165) is 42.3 Å². The van der Waals surface area contributed by atoms with Crippen LogP contribution in [-0.2, 0) is 12.8 Å². The summed E-state index contributed by atoms with van der Waals surface area (Å²) < 4.78 is 1.69. The Bertz CT molecular complexity index is 1160. The van der Waals surface area contributed by atoms with Gasteiger partial charge in [-0.15, -0.1) is 11.3 Å². The molecule has 0 bridgehead atoms. The Hall–Kier alpha value is -2.19. The smallest absolute Gasteiger partial charge is 0.268 e. The van der Waals surface area contributed by atoms with Gasteiger partial charge in [0.25, 0.3) is 11.2 Å². The van der Waals surface area contributed by atoms with Gasteiger partial charge in [0.15, 0.2) is 5.16 Å². The molecule has 3 aromatic rings. The van der Waals surface area contributed by atoms with Crippen molar-refractivity contribution in [1.82, 2.24) is 9.55 Å². The number of nitro benzene ring substituents is 1. The average molecular weight is 442 g/mol. The molecule has 0 aliphatic heterocycles. The van der Waals surface area contributed by atoms with Crippen LogP contribution < -0.4 is 5.56 Å². The first-order valence-corrected chi connectivity index (χ1v) is 12.3. The summed E-state index contributed by atoms with van der Waals surface area (Å²) >= 11 is 3.37. The molecule has 2 aliphatic carbocycles. The number of hydrogen-bond donors (Lipinski definition) is 0. The van der Waals surface area contributed by atoms with Crippen LogP contribution in [0.2, 0.25) is 0 Å². The lowest BCUT2D eigenvalue weighted by molar-refractivity contribution is -0.384. The van der Waals surface area contributed by atoms with Crippen molar-refractivity contribution in [1.29, 1.82) is 0 Å². The largest absolute Gasteiger partial charge is 0.269 e. The summed E-state index contributed by atoms with van der Waals surface area (Å²) in [6, 6.07) is 6.25. The summed E-state index contributed by atoms with van der Waals surface area (Å²) in [5.74, 6) is 0. The number of fused-ring (bicyclic) bond motifs is 3. The van der Waals surface area contributed by atoms with E-state index in [1.807, 2.05) is 0 Å². The van der Waals surface area contributed by atoms with Crippen molar-refractivity contribution in [3.63, 3.8) is 0 Å². The Labute approximate surface area is 182 Å². The summed E-state index contributed by atoms with van der Waals surface area (Å²) in [5, 5.41) is 13.0. The van der Waals surface area contributed by atoms with Crippen LogP contribution in [0.4, 0.5) is 5.69 Å². The zero-order chi connectivity index (χ0) is 20.7. The minimum absolute atomic E-state index is 0.0234. The van der Waals surface area contributed by atoms with E-state index in [0.29, 0.717) is 16.1 Å². The molecule has 8 heteroatoms. The SMILES string of the molecule is O=c1c2c3c(sc2nc(SC2CCCC2)n1-c1ccc([N+](=O)[O-])cc1)CCCCC3. The fourth-order valence-electron chi connectivity index (χ4n) is 4.55. The van der Waals surface area contributed by atoms with Crippen molar-refractivity contribution in [3.05, 3.63) is 55.2 Å². The van der Waals surface area contributed by atoms with Crippen LogP contribution in [0.15, 0.2) is 34.2 Å². The van der Waals surface area contributed by atoms with Crippen LogP contribution >= 0.6 is 23.1 Å². The fraction of sp³-hybridized carbons (Fsp3) is 0.455. The Morgan fingerprint density at radius 1 is 1.07 bits per heavy atom. The molecule has 2 aliphatic rings. The van der Waals surface area contributed by atoms with Gasteiger partial charge in [0.1, 0.15) is 4.83 Å². The van der Waals surface area contributed by atoms with Crippen LogP contribution in [0.25, 0.3) is 15.9 Å². The van der Waals surface area contributed by atoms with Gasteiger partial charge in [-0.3, -0.25) is 19.5 Å². The van der Waals surface area contributed by atoms with E-state index in [4.69, 9.17) is 4.98 Å². The highest BCUT2D eigenvalue weighted by Gasteiger charge is 2.25. The number of benzene rings is 1. The zero-order valence-electron chi connectivity index (χ0n) is 16.6. The van der Waals surface area contributed by atoms with Crippen LogP contribution in [0.3, 0.4) is 0 Å². The maximum absolute atomic E-state index is 13.8. The zero-order valence-corrected chi connectivity index (χ0v) is 18.3. The molecule has 0 N–H and O–H groups in total. The van der Waals surface area contributed by atoms with Gasteiger partial charge in [-0.05, 0) is 56.2 Å². The number of aryl methyl sites for hydroxylation is 2. The Kier molecular flexibility index (Phi) is 5.37. The molecule has 1 fully saturated rings. The molecule has 156 valence electrons. The van der Waals surface area contributed by atoms with Gasteiger partial charge in [0.2, 0.25) is 0 Å². The first-order valence-electron chi connectivity index (χ1n) is 10.6. The maximum Gasteiger partial charge on any atom is 0.269 e. The second-order valence-electron chi connectivity index (χ2n) is 8.08. The predicted molar refractivity (Wildman–Crippen MR) is 121 cm³/mol. The normalized spacial score (nSPS) is 17.2.